The fourth-order valence-electron chi connectivity index (χ4n) is 2.12. The molecule has 1 aromatic carbocycles. The van der Waals surface area contributed by atoms with Gasteiger partial charge < -0.3 is 4.74 Å². The summed E-state index contributed by atoms with van der Waals surface area (Å²) in [7, 11) is 0. The molecule has 0 aliphatic rings. The molecule has 1 aromatic rings. The molecule has 2 heteroatoms. The number of unbranched alkanes of at least 4 members (excludes halogenated alkanes) is 6. The van der Waals surface area contributed by atoms with Crippen molar-refractivity contribution in [3.8, 4) is 0 Å². The lowest BCUT2D eigenvalue weighted by Gasteiger charge is -2.04. The molecule has 0 aliphatic heterocycles. The van der Waals surface area contributed by atoms with Gasteiger partial charge in [0, 0.05) is 11.9 Å². The Morgan fingerprint density at radius 1 is 0.850 bits per heavy atom. The normalized spacial score (nSPS) is 11.2. The van der Waals surface area contributed by atoms with Gasteiger partial charge in [-0.25, -0.2) is 0 Å². The number of hydrogen-bond donors (Lipinski definition) is 0. The topological polar surface area (TPSA) is 9.23 Å². The summed E-state index contributed by atoms with van der Waals surface area (Å²) in [5.74, 6) is 0. The zero-order chi connectivity index (χ0) is 14.3. The van der Waals surface area contributed by atoms with Gasteiger partial charge in [0.05, 0.1) is 6.61 Å². The minimum absolute atomic E-state index is 0.751. The fraction of sp³-hybridized carbons (Fsp3) is 0.556. The average molecular weight is 339 g/mol. The van der Waals surface area contributed by atoms with Crippen LogP contribution in [0.4, 0.5) is 0 Å². The molecule has 0 atom stereocenters. The largest absolute Gasteiger partial charge is 0.377 e. The van der Waals surface area contributed by atoms with Crippen LogP contribution in [0.5, 0.6) is 0 Å². The Hall–Kier alpha value is -0.600. The van der Waals surface area contributed by atoms with Crippen molar-refractivity contribution in [2.24, 2.45) is 0 Å². The van der Waals surface area contributed by atoms with E-state index in [1.54, 1.807) is 0 Å². The summed E-state index contributed by atoms with van der Waals surface area (Å²) in [5.41, 5.74) is 1.27. The maximum atomic E-state index is 5.68. The van der Waals surface area contributed by atoms with Crippen molar-refractivity contribution in [2.75, 3.05) is 11.9 Å². The van der Waals surface area contributed by atoms with Crippen molar-refractivity contribution in [1.82, 2.24) is 0 Å². The third-order valence-corrected chi connectivity index (χ3v) is 3.65. The Bertz CT molecular complexity index is 335. The highest BCUT2D eigenvalue weighted by atomic mass is 79.9. The highest BCUT2D eigenvalue weighted by Crippen LogP contribution is 2.08. The van der Waals surface area contributed by atoms with E-state index in [0.29, 0.717) is 0 Å². The van der Waals surface area contributed by atoms with Gasteiger partial charge in [0.2, 0.25) is 0 Å². The molecule has 1 rings (SSSR count). The summed E-state index contributed by atoms with van der Waals surface area (Å²) in [6.07, 6.45) is 13.6. The fourth-order valence-corrected chi connectivity index (χ4v) is 2.38. The maximum absolute atomic E-state index is 5.68. The minimum Gasteiger partial charge on any atom is -0.377 e. The molecule has 0 saturated carbocycles. The summed E-state index contributed by atoms with van der Waals surface area (Å²) < 4.78 is 5.68. The zero-order valence-electron chi connectivity index (χ0n) is 12.4. The molecule has 0 saturated heterocycles. The standard InChI is InChI=1S/C18H27BrO/c19-15-11-6-4-2-1-3-5-7-12-16-20-17-18-13-9-8-10-14-18/h6,8-11,13-14H,1-5,7,12,15-17H2/b11-6+. The first kappa shape index (κ1) is 17.5. The first-order chi connectivity index (χ1) is 9.93. The Kier molecular flexibility index (Phi) is 11.7. The van der Waals surface area contributed by atoms with Crippen molar-refractivity contribution < 1.29 is 4.74 Å². The van der Waals surface area contributed by atoms with Crippen LogP contribution >= 0.6 is 15.9 Å². The molecule has 0 aliphatic carbocycles. The van der Waals surface area contributed by atoms with Gasteiger partial charge in [-0.1, -0.05) is 84.1 Å². The summed E-state index contributed by atoms with van der Waals surface area (Å²) in [6, 6.07) is 10.4. The van der Waals surface area contributed by atoms with Crippen molar-refractivity contribution in [3.05, 3.63) is 48.0 Å². The molecule has 0 spiro atoms. The van der Waals surface area contributed by atoms with E-state index < -0.39 is 0 Å². The van der Waals surface area contributed by atoms with Gasteiger partial charge >= 0.3 is 0 Å². The predicted octanol–water partition coefficient (Wildman–Crippen LogP) is 5.89. The van der Waals surface area contributed by atoms with Crippen LogP contribution in [0.25, 0.3) is 0 Å². The Balaban J connectivity index is 1.80. The Labute approximate surface area is 132 Å². The van der Waals surface area contributed by atoms with Crippen LogP contribution in [0.2, 0.25) is 0 Å². The molecule has 0 aromatic heterocycles. The molecule has 1 nitrogen and oxygen atoms in total. The summed E-state index contributed by atoms with van der Waals surface area (Å²) in [6.45, 7) is 1.64. The van der Waals surface area contributed by atoms with Crippen LogP contribution in [0.1, 0.15) is 50.5 Å². The zero-order valence-corrected chi connectivity index (χ0v) is 14.0. The Morgan fingerprint density at radius 3 is 2.30 bits per heavy atom. The van der Waals surface area contributed by atoms with Gasteiger partial charge in [-0.2, -0.15) is 0 Å². The van der Waals surface area contributed by atoms with Gasteiger partial charge in [-0.05, 0) is 24.8 Å². The van der Waals surface area contributed by atoms with Gasteiger partial charge in [-0.3, -0.25) is 0 Å². The molecular weight excluding hydrogens is 312 g/mol. The lowest BCUT2D eigenvalue weighted by Crippen LogP contribution is -1.95. The third kappa shape index (κ3) is 10.2. The number of rotatable bonds is 12. The molecule has 0 radical (unpaired) electrons. The molecule has 0 amide bonds. The van der Waals surface area contributed by atoms with Crippen LogP contribution in [0.3, 0.4) is 0 Å². The summed E-state index contributed by atoms with van der Waals surface area (Å²) in [4.78, 5) is 0. The van der Waals surface area contributed by atoms with Crippen molar-refractivity contribution in [2.45, 2.75) is 51.6 Å². The quantitative estimate of drug-likeness (QED) is 0.262. The van der Waals surface area contributed by atoms with Gasteiger partial charge in [0.15, 0.2) is 0 Å². The molecule has 0 N–H and O–H groups in total. The smallest absolute Gasteiger partial charge is 0.0716 e. The minimum atomic E-state index is 0.751. The van der Waals surface area contributed by atoms with E-state index in [1.165, 1.54) is 50.5 Å². The van der Waals surface area contributed by atoms with Crippen molar-refractivity contribution >= 4 is 15.9 Å². The second kappa shape index (κ2) is 13.4. The van der Waals surface area contributed by atoms with E-state index >= 15 is 0 Å². The third-order valence-electron chi connectivity index (χ3n) is 3.28. The second-order valence-corrected chi connectivity index (χ2v) is 5.72. The maximum Gasteiger partial charge on any atom is 0.0716 e. The van der Waals surface area contributed by atoms with Crippen LogP contribution in [0, 0.1) is 0 Å². The van der Waals surface area contributed by atoms with Crippen LogP contribution < -0.4 is 0 Å². The average Bonchev–Trinajstić information content (AvgIpc) is 2.49. The molecular formula is C18H27BrO. The van der Waals surface area contributed by atoms with Crippen LogP contribution in [-0.2, 0) is 11.3 Å². The van der Waals surface area contributed by atoms with Crippen molar-refractivity contribution in [3.63, 3.8) is 0 Å². The van der Waals surface area contributed by atoms with Crippen LogP contribution in [0.15, 0.2) is 42.5 Å². The summed E-state index contributed by atoms with van der Waals surface area (Å²) >= 11 is 3.39. The highest BCUT2D eigenvalue weighted by molar-refractivity contribution is 9.09. The lowest BCUT2D eigenvalue weighted by molar-refractivity contribution is 0.116. The molecule has 0 unspecified atom stereocenters. The predicted molar refractivity (Wildman–Crippen MR) is 91.4 cm³/mol. The monoisotopic (exact) mass is 338 g/mol. The molecule has 0 fully saturated rings. The van der Waals surface area contributed by atoms with E-state index in [4.69, 9.17) is 4.74 Å². The van der Waals surface area contributed by atoms with Gasteiger partial charge in [0.25, 0.3) is 0 Å². The number of halogens is 1. The highest BCUT2D eigenvalue weighted by Gasteiger charge is 1.93. The van der Waals surface area contributed by atoms with E-state index in [1.807, 2.05) is 6.07 Å². The first-order valence-electron chi connectivity index (χ1n) is 7.76. The number of benzene rings is 1. The molecule has 20 heavy (non-hydrogen) atoms. The number of alkyl halides is 1. The van der Waals surface area contributed by atoms with E-state index in [2.05, 4.69) is 52.3 Å². The van der Waals surface area contributed by atoms with Gasteiger partial charge in [-0.15, -0.1) is 0 Å². The van der Waals surface area contributed by atoms with E-state index in [-0.39, 0.29) is 0 Å². The molecule has 0 heterocycles. The lowest BCUT2D eigenvalue weighted by atomic mass is 10.1. The molecule has 0 bridgehead atoms. The SMILES string of the molecule is BrC/C=C/CCCCCCCCOCc1ccccc1. The number of ether oxygens (including phenoxy) is 1. The summed E-state index contributed by atoms with van der Waals surface area (Å²) in [5, 5.41) is 0.982. The second-order valence-electron chi connectivity index (χ2n) is 5.07. The number of allylic oxidation sites excluding steroid dienone is 2. The van der Waals surface area contributed by atoms with E-state index in [0.717, 1.165) is 18.5 Å². The first-order valence-corrected chi connectivity index (χ1v) is 8.88. The van der Waals surface area contributed by atoms with Crippen LogP contribution in [-0.4, -0.2) is 11.9 Å². The Morgan fingerprint density at radius 2 is 1.55 bits per heavy atom. The van der Waals surface area contributed by atoms with Crippen molar-refractivity contribution in [1.29, 1.82) is 0 Å². The van der Waals surface area contributed by atoms with E-state index in [9.17, 15) is 0 Å². The molecule has 112 valence electrons. The van der Waals surface area contributed by atoms with Gasteiger partial charge in [0.1, 0.15) is 0 Å². The number of hydrogen-bond acceptors (Lipinski definition) is 1.